The van der Waals surface area contributed by atoms with E-state index in [-0.39, 0.29) is 6.03 Å². The van der Waals surface area contributed by atoms with E-state index in [1.54, 1.807) is 12.1 Å². The number of amides is 2. The van der Waals surface area contributed by atoms with E-state index in [1.807, 2.05) is 17.0 Å². The SMILES string of the molecule is CCC1(CC)CCN(C(=O)Nc2ccc(N)cc2)CC1. The van der Waals surface area contributed by atoms with Crippen molar-refractivity contribution in [1.82, 2.24) is 4.90 Å². The van der Waals surface area contributed by atoms with Gasteiger partial charge in [0, 0.05) is 24.5 Å². The van der Waals surface area contributed by atoms with Gasteiger partial charge in [-0.2, -0.15) is 0 Å². The smallest absolute Gasteiger partial charge is 0.321 e. The van der Waals surface area contributed by atoms with Gasteiger partial charge in [0.1, 0.15) is 0 Å². The summed E-state index contributed by atoms with van der Waals surface area (Å²) in [7, 11) is 0. The topological polar surface area (TPSA) is 58.4 Å². The molecular formula is C16H25N3O. The van der Waals surface area contributed by atoms with Crippen molar-refractivity contribution in [3.63, 3.8) is 0 Å². The van der Waals surface area contributed by atoms with Crippen LogP contribution in [0.4, 0.5) is 16.2 Å². The number of nitrogens with one attached hydrogen (secondary N) is 1. The van der Waals surface area contributed by atoms with E-state index in [4.69, 9.17) is 5.73 Å². The number of carbonyl (C=O) groups is 1. The van der Waals surface area contributed by atoms with Crippen LogP contribution in [0, 0.1) is 5.41 Å². The number of hydrogen-bond acceptors (Lipinski definition) is 2. The van der Waals surface area contributed by atoms with Crippen molar-refractivity contribution >= 4 is 17.4 Å². The highest BCUT2D eigenvalue weighted by molar-refractivity contribution is 5.89. The molecule has 1 fully saturated rings. The lowest BCUT2D eigenvalue weighted by atomic mass is 9.74. The number of carbonyl (C=O) groups excluding carboxylic acids is 1. The second kappa shape index (κ2) is 6.16. The van der Waals surface area contributed by atoms with Crippen LogP contribution in [0.15, 0.2) is 24.3 Å². The highest BCUT2D eigenvalue weighted by atomic mass is 16.2. The average Bonchev–Trinajstić information content (AvgIpc) is 2.49. The summed E-state index contributed by atoms with van der Waals surface area (Å²) in [4.78, 5) is 14.1. The Kier molecular flexibility index (Phi) is 4.53. The monoisotopic (exact) mass is 275 g/mol. The summed E-state index contributed by atoms with van der Waals surface area (Å²) in [6.45, 7) is 6.21. The van der Waals surface area contributed by atoms with E-state index in [0.29, 0.717) is 11.1 Å². The Morgan fingerprint density at radius 2 is 1.75 bits per heavy atom. The fourth-order valence-corrected chi connectivity index (χ4v) is 2.91. The predicted octanol–water partition coefficient (Wildman–Crippen LogP) is 3.70. The van der Waals surface area contributed by atoms with E-state index in [2.05, 4.69) is 19.2 Å². The first-order chi connectivity index (χ1) is 9.58. The van der Waals surface area contributed by atoms with Gasteiger partial charge in [0.05, 0.1) is 0 Å². The van der Waals surface area contributed by atoms with E-state index in [9.17, 15) is 4.79 Å². The molecule has 110 valence electrons. The Bertz CT molecular complexity index is 441. The zero-order chi connectivity index (χ0) is 14.6. The molecule has 1 aromatic carbocycles. The molecule has 0 radical (unpaired) electrons. The molecule has 0 spiro atoms. The number of urea groups is 1. The number of nitrogen functional groups attached to an aromatic ring is 1. The van der Waals surface area contributed by atoms with Gasteiger partial charge in [-0.3, -0.25) is 0 Å². The molecule has 4 nitrogen and oxygen atoms in total. The van der Waals surface area contributed by atoms with Crippen LogP contribution < -0.4 is 11.1 Å². The third kappa shape index (κ3) is 3.24. The van der Waals surface area contributed by atoms with Crippen LogP contribution in [0.2, 0.25) is 0 Å². The molecule has 3 N–H and O–H groups in total. The molecule has 4 heteroatoms. The molecule has 20 heavy (non-hydrogen) atoms. The molecule has 1 aliphatic heterocycles. The minimum Gasteiger partial charge on any atom is -0.399 e. The highest BCUT2D eigenvalue weighted by Crippen LogP contribution is 2.37. The van der Waals surface area contributed by atoms with Crippen LogP contribution in [0.5, 0.6) is 0 Å². The molecule has 0 aromatic heterocycles. The molecule has 0 bridgehead atoms. The molecular weight excluding hydrogens is 250 g/mol. The number of anilines is 2. The first kappa shape index (κ1) is 14.7. The molecule has 0 atom stereocenters. The van der Waals surface area contributed by atoms with Crippen molar-refractivity contribution in [3.05, 3.63) is 24.3 Å². The zero-order valence-corrected chi connectivity index (χ0v) is 12.5. The Hall–Kier alpha value is -1.71. The fourth-order valence-electron chi connectivity index (χ4n) is 2.91. The zero-order valence-electron chi connectivity index (χ0n) is 12.5. The van der Waals surface area contributed by atoms with Gasteiger partial charge in [0.25, 0.3) is 0 Å². The van der Waals surface area contributed by atoms with Crippen LogP contribution in [0.25, 0.3) is 0 Å². The Balaban J connectivity index is 1.90. The first-order valence-electron chi connectivity index (χ1n) is 7.50. The lowest BCUT2D eigenvalue weighted by Gasteiger charge is -2.40. The molecule has 1 aromatic rings. The molecule has 1 saturated heterocycles. The second-order valence-corrected chi connectivity index (χ2v) is 5.75. The lowest BCUT2D eigenvalue weighted by molar-refractivity contribution is 0.114. The van der Waals surface area contributed by atoms with Gasteiger partial charge in [-0.15, -0.1) is 0 Å². The van der Waals surface area contributed by atoms with Gasteiger partial charge >= 0.3 is 6.03 Å². The molecule has 2 amide bonds. The quantitative estimate of drug-likeness (QED) is 0.826. The van der Waals surface area contributed by atoms with Gasteiger partial charge < -0.3 is 16.0 Å². The second-order valence-electron chi connectivity index (χ2n) is 5.75. The summed E-state index contributed by atoms with van der Waals surface area (Å²) in [5.74, 6) is 0. The van der Waals surface area contributed by atoms with Gasteiger partial charge in [-0.25, -0.2) is 4.79 Å². The van der Waals surface area contributed by atoms with Crippen LogP contribution in [0.1, 0.15) is 39.5 Å². The Morgan fingerprint density at radius 3 is 2.25 bits per heavy atom. The number of rotatable bonds is 3. The van der Waals surface area contributed by atoms with Gasteiger partial charge in [0.15, 0.2) is 0 Å². The third-order valence-electron chi connectivity index (χ3n) is 4.77. The van der Waals surface area contributed by atoms with Crippen LogP contribution >= 0.6 is 0 Å². The van der Waals surface area contributed by atoms with Gasteiger partial charge in [-0.1, -0.05) is 26.7 Å². The van der Waals surface area contributed by atoms with Gasteiger partial charge in [0.2, 0.25) is 0 Å². The minimum absolute atomic E-state index is 0.00409. The first-order valence-corrected chi connectivity index (χ1v) is 7.50. The Labute approximate surface area is 121 Å². The molecule has 0 saturated carbocycles. The number of hydrogen-bond donors (Lipinski definition) is 2. The molecule has 0 aliphatic carbocycles. The fraction of sp³-hybridized carbons (Fsp3) is 0.562. The summed E-state index contributed by atoms with van der Waals surface area (Å²) in [5.41, 5.74) is 7.58. The summed E-state index contributed by atoms with van der Waals surface area (Å²) in [5, 5.41) is 2.93. The van der Waals surface area contributed by atoms with Crippen LogP contribution in [-0.4, -0.2) is 24.0 Å². The molecule has 1 heterocycles. The third-order valence-corrected chi connectivity index (χ3v) is 4.77. The minimum atomic E-state index is -0.00409. The number of likely N-dealkylation sites (tertiary alicyclic amines) is 1. The van der Waals surface area contributed by atoms with E-state index in [1.165, 1.54) is 12.8 Å². The van der Waals surface area contributed by atoms with Crippen molar-refractivity contribution in [2.45, 2.75) is 39.5 Å². The normalized spacial score (nSPS) is 17.8. The lowest BCUT2D eigenvalue weighted by Crippen LogP contribution is -2.44. The number of nitrogens with two attached hydrogens (primary N) is 1. The van der Waals surface area contributed by atoms with Crippen molar-refractivity contribution in [2.75, 3.05) is 24.1 Å². The maximum atomic E-state index is 12.2. The number of benzene rings is 1. The maximum absolute atomic E-state index is 12.2. The maximum Gasteiger partial charge on any atom is 0.321 e. The summed E-state index contributed by atoms with van der Waals surface area (Å²) in [6, 6.07) is 7.25. The van der Waals surface area contributed by atoms with Crippen molar-refractivity contribution in [1.29, 1.82) is 0 Å². The van der Waals surface area contributed by atoms with Crippen LogP contribution in [-0.2, 0) is 0 Å². The average molecular weight is 275 g/mol. The Morgan fingerprint density at radius 1 is 1.20 bits per heavy atom. The van der Waals surface area contributed by atoms with Crippen molar-refractivity contribution < 1.29 is 4.79 Å². The predicted molar refractivity (Wildman–Crippen MR) is 83.7 cm³/mol. The summed E-state index contributed by atoms with van der Waals surface area (Å²) < 4.78 is 0. The number of nitrogens with zero attached hydrogens (tertiary/aromatic N) is 1. The summed E-state index contributed by atoms with van der Waals surface area (Å²) in [6.07, 6.45) is 4.62. The largest absolute Gasteiger partial charge is 0.399 e. The summed E-state index contributed by atoms with van der Waals surface area (Å²) >= 11 is 0. The molecule has 1 aliphatic rings. The standard InChI is InChI=1S/C16H25N3O/c1-3-16(4-2)9-11-19(12-10-16)15(20)18-14-7-5-13(17)6-8-14/h5-8H,3-4,9-12,17H2,1-2H3,(H,18,20). The van der Waals surface area contributed by atoms with Crippen molar-refractivity contribution in [3.8, 4) is 0 Å². The van der Waals surface area contributed by atoms with E-state index >= 15 is 0 Å². The van der Waals surface area contributed by atoms with Crippen molar-refractivity contribution in [2.24, 2.45) is 5.41 Å². The molecule has 0 unspecified atom stereocenters. The molecule has 2 rings (SSSR count). The van der Waals surface area contributed by atoms with Gasteiger partial charge in [-0.05, 0) is 42.5 Å². The van der Waals surface area contributed by atoms with Crippen LogP contribution in [0.3, 0.4) is 0 Å². The van der Waals surface area contributed by atoms with E-state index < -0.39 is 0 Å². The number of piperidine rings is 1. The highest BCUT2D eigenvalue weighted by Gasteiger charge is 2.32. The van der Waals surface area contributed by atoms with E-state index in [0.717, 1.165) is 31.6 Å².